The molecule has 0 fully saturated rings. The van der Waals surface area contributed by atoms with Crippen LogP contribution in [0.25, 0.3) is 0 Å². The first-order valence-corrected chi connectivity index (χ1v) is 3.00. The molecule has 0 N–H and O–H groups in total. The first-order valence-electron chi connectivity index (χ1n) is 3.00. The minimum absolute atomic E-state index is 0. The van der Waals surface area contributed by atoms with Crippen LogP contribution in [0, 0.1) is 0 Å². The number of hydrogen-bond acceptors (Lipinski definition) is 0. The fourth-order valence-electron chi connectivity index (χ4n) is 0. The molecular formula is C9H32. The lowest BCUT2D eigenvalue weighted by Crippen LogP contribution is -0.856. The van der Waals surface area contributed by atoms with Crippen molar-refractivity contribution < 1.29 is 1.43 Å². The van der Waals surface area contributed by atoms with E-state index >= 15 is 0 Å². The van der Waals surface area contributed by atoms with Crippen molar-refractivity contribution in [2.45, 2.75) is 63.8 Å². The molecule has 0 heterocycles. The Morgan fingerprint density at radius 1 is 0.444 bits per heavy atom. The van der Waals surface area contributed by atoms with E-state index in [2.05, 4.69) is 0 Å². The summed E-state index contributed by atoms with van der Waals surface area (Å²) in [5.74, 6) is 0. The lowest BCUT2D eigenvalue weighted by molar-refractivity contribution is 1.50. The van der Waals surface area contributed by atoms with Gasteiger partial charge in [-0.25, -0.2) is 0 Å². The molecule has 0 aromatic carbocycles. The molecule has 0 bridgehead atoms. The Balaban J connectivity index is -0.00000000225. The van der Waals surface area contributed by atoms with E-state index in [4.69, 9.17) is 0 Å². The van der Waals surface area contributed by atoms with E-state index < -0.39 is 0 Å². The monoisotopic (exact) mass is 141 g/mol. The van der Waals surface area contributed by atoms with E-state index in [0.29, 0.717) is 0 Å². The summed E-state index contributed by atoms with van der Waals surface area (Å²) in [6, 6.07) is 0. The van der Waals surface area contributed by atoms with Gasteiger partial charge in [-0.05, 0) is 0 Å². The first-order chi connectivity index (χ1) is 3.00. The van der Waals surface area contributed by atoms with Crippen molar-refractivity contribution in [3.05, 3.63) is 0 Å². The van der Waals surface area contributed by atoms with Crippen LogP contribution in [0.5, 0.6) is 0 Å². The zero-order valence-corrected chi connectivity index (χ0v) is 6.00. The van der Waals surface area contributed by atoms with Crippen LogP contribution in [-0.2, 0) is 0 Å². The zero-order valence-electron chi connectivity index (χ0n) is 6.00. The third kappa shape index (κ3) is 0. The second kappa shape index (κ2) is 0. The molecule has 9 heavy (non-hydrogen) atoms. The highest BCUT2D eigenvalue weighted by Crippen LogP contribution is 1.15. The molecule has 0 saturated heterocycles. The van der Waals surface area contributed by atoms with E-state index in [1.54, 1.807) is 0 Å². The lowest BCUT2D eigenvalue weighted by atomic mass is 11.0. The second-order valence-corrected chi connectivity index (χ2v) is 0. The molecule has 0 aliphatic rings. The van der Waals surface area contributed by atoms with Gasteiger partial charge in [0.2, 0.25) is 0 Å². The topological polar surface area (TPSA) is 0 Å². The van der Waals surface area contributed by atoms with Crippen molar-refractivity contribution in [3.63, 3.8) is 0 Å². The highest BCUT2D eigenvalue weighted by atomic mass is 13.0. The number of hydrogen-bond donors (Lipinski definition) is 0. The lowest BCUT2D eigenvalue weighted by Gasteiger charge is -1.07. The molecule has 0 amide bonds. The minimum Gasteiger partial charge on any atom is -0.0776 e. The van der Waals surface area contributed by atoms with Crippen LogP contribution in [0.4, 0.5) is 0 Å². The van der Waals surface area contributed by atoms with Gasteiger partial charge in [0.1, 0.15) is 0 Å². The molecule has 0 atom stereocenters. The summed E-state index contributed by atoms with van der Waals surface area (Å²) in [5, 5.41) is 0. The van der Waals surface area contributed by atoms with Gasteiger partial charge in [-0.1, -0.05) is 63.8 Å². The molecule has 0 aromatic rings. The largest absolute Gasteiger partial charge is 0.0776 e. The molecule has 68 valence electrons. The van der Waals surface area contributed by atoms with Gasteiger partial charge in [0.25, 0.3) is 0 Å². The van der Waals surface area contributed by atoms with Crippen molar-refractivity contribution in [1.29, 1.82) is 0 Å². The summed E-state index contributed by atoms with van der Waals surface area (Å²) in [6.45, 7) is 12.0. The highest BCUT2D eigenvalue weighted by Gasteiger charge is 0.936. The van der Waals surface area contributed by atoms with Crippen LogP contribution in [0.15, 0.2) is 0 Å². The van der Waals surface area contributed by atoms with E-state index in [1.165, 1.54) is 0 Å². The zero-order chi connectivity index (χ0) is 6.00. The predicted octanol–water partition coefficient (Wildman–Crippen LogP) is 5.23. The van der Waals surface area contributed by atoms with Crippen LogP contribution in [0.2, 0.25) is 0 Å². The molecule has 0 rings (SSSR count). The summed E-state index contributed by atoms with van der Waals surface area (Å²) in [5.41, 5.74) is 0. The molecule has 0 radical (unpaired) electrons. The van der Waals surface area contributed by atoms with Gasteiger partial charge in [0.15, 0.2) is 0 Å². The average molecular weight is 141 g/mol. The van der Waals surface area contributed by atoms with Crippen LogP contribution in [-0.4, -0.2) is 0 Å². The van der Waals surface area contributed by atoms with Gasteiger partial charge < -0.3 is 0 Å². The molecule has 0 saturated carbocycles. The van der Waals surface area contributed by atoms with Crippen molar-refractivity contribution in [2.24, 2.45) is 0 Å². The first kappa shape index (κ1) is 64.0. The smallest absolute Gasteiger partial charge is 0 e. The maximum Gasteiger partial charge on any atom is 0 e. The van der Waals surface area contributed by atoms with Crippen molar-refractivity contribution in [1.82, 2.24) is 0 Å². The normalized spacial score (nSPS) is 2.00. The van der Waals surface area contributed by atoms with E-state index in [9.17, 15) is 0 Å². The average Bonchev–Trinajstić information content (AvgIpc) is 1.81. The van der Waals surface area contributed by atoms with E-state index in [0.717, 1.165) is 0 Å². The van der Waals surface area contributed by atoms with Crippen molar-refractivity contribution in [2.75, 3.05) is 0 Å². The summed E-state index contributed by atoms with van der Waals surface area (Å²) in [4.78, 5) is 0. The van der Waals surface area contributed by atoms with Gasteiger partial charge in [-0.2, -0.15) is 0 Å². The van der Waals surface area contributed by atoms with Crippen LogP contribution in [0.3, 0.4) is 0 Å². The Kier molecular flexibility index (Phi) is 0. The maximum atomic E-state index is 2.00. The Hall–Kier alpha value is 0. The van der Waals surface area contributed by atoms with Gasteiger partial charge in [0.05, 0.1) is 0 Å². The van der Waals surface area contributed by atoms with Gasteiger partial charge in [-0.3, -0.25) is 0 Å². The molecule has 0 spiro atoms. The van der Waals surface area contributed by atoms with Crippen LogP contribution < -0.4 is 0 Å². The van der Waals surface area contributed by atoms with Crippen LogP contribution >= 0.6 is 0 Å². The third-order valence-electron chi connectivity index (χ3n) is 0. The second-order valence-electron chi connectivity index (χ2n) is 0. The molecule has 0 nitrogen and oxygen atoms in total. The minimum atomic E-state index is 0. The Labute approximate surface area is 66.2 Å². The Morgan fingerprint density at radius 2 is 0.444 bits per heavy atom. The van der Waals surface area contributed by atoms with Gasteiger partial charge in [0, 0.05) is 1.43 Å². The van der Waals surface area contributed by atoms with Crippen LogP contribution in [0.1, 0.15) is 65.2 Å². The van der Waals surface area contributed by atoms with Crippen molar-refractivity contribution >= 4 is 0 Å². The predicted molar refractivity (Wildman–Crippen MR) is 56.4 cm³/mol. The molecule has 0 unspecified atom stereocenters. The quantitative estimate of drug-likeness (QED) is 0.433. The van der Waals surface area contributed by atoms with Gasteiger partial charge in [-0.15, -0.1) is 0 Å². The highest BCUT2D eigenvalue weighted by molar-refractivity contribution is 3.51. The summed E-state index contributed by atoms with van der Waals surface area (Å²) in [7, 11) is 0. The molecule has 0 aromatic heterocycles. The van der Waals surface area contributed by atoms with Gasteiger partial charge >= 0.3 is 0 Å². The van der Waals surface area contributed by atoms with E-state index in [-0.39, 0.29) is 23.7 Å². The SMILES string of the molecule is C.C.C.CC.CC.CC.[2HH]. The summed E-state index contributed by atoms with van der Waals surface area (Å²) in [6.07, 6.45) is 0. The standard InChI is InChI=1S/3C2H6.3CH4.H2/c3*1-2;;;;/h3*1-2H3;3*1H4;1H/i;;;;;;1+1. The molecule has 0 aliphatic heterocycles. The fraction of sp³-hybridized carbons (Fsp3) is 1.00. The summed E-state index contributed by atoms with van der Waals surface area (Å²) >= 11 is 0. The fourth-order valence-corrected chi connectivity index (χ4v) is 0. The maximum absolute atomic E-state index is 2.00. The van der Waals surface area contributed by atoms with E-state index in [1.807, 2.05) is 41.5 Å². The Morgan fingerprint density at radius 3 is 0.444 bits per heavy atom. The molecular weight excluding hydrogens is 108 g/mol. The third-order valence-corrected chi connectivity index (χ3v) is 0. The molecule has 0 aliphatic carbocycles. The number of rotatable bonds is 0. The molecule has 0 heteroatoms. The summed E-state index contributed by atoms with van der Waals surface area (Å²) < 4.78 is 0. The Bertz CT molecular complexity index is 4.69. The van der Waals surface area contributed by atoms with Crippen molar-refractivity contribution in [3.8, 4) is 0 Å².